The Bertz CT molecular complexity index is 344. The minimum absolute atomic E-state index is 0.0815. The van der Waals surface area contributed by atoms with E-state index in [2.05, 4.69) is 12.2 Å². The van der Waals surface area contributed by atoms with E-state index in [1.807, 2.05) is 13.8 Å². The van der Waals surface area contributed by atoms with E-state index < -0.39 is 10.0 Å². The Morgan fingerprint density at radius 3 is 2.79 bits per heavy atom. The summed E-state index contributed by atoms with van der Waals surface area (Å²) < 4.78 is 31.4. The molecule has 1 rings (SSSR count). The molecule has 5 nitrogen and oxygen atoms in total. The molecule has 19 heavy (non-hydrogen) atoms. The van der Waals surface area contributed by atoms with Gasteiger partial charge in [-0.3, -0.25) is 0 Å². The van der Waals surface area contributed by atoms with Crippen molar-refractivity contribution in [1.82, 2.24) is 9.62 Å². The lowest BCUT2D eigenvalue weighted by atomic mass is 10.00. The highest BCUT2D eigenvalue weighted by Gasteiger charge is 2.28. The van der Waals surface area contributed by atoms with Gasteiger partial charge in [-0.25, -0.2) is 12.7 Å². The molecule has 0 bridgehead atoms. The molecule has 0 aromatic rings. The first kappa shape index (κ1) is 16.9. The predicted molar refractivity (Wildman–Crippen MR) is 77.7 cm³/mol. The molecule has 1 heterocycles. The van der Waals surface area contributed by atoms with Crippen LogP contribution in [0.5, 0.6) is 0 Å². The van der Waals surface area contributed by atoms with Gasteiger partial charge in [0.25, 0.3) is 0 Å². The van der Waals surface area contributed by atoms with Crippen LogP contribution >= 0.6 is 0 Å². The Hall–Kier alpha value is -0.170. The summed E-state index contributed by atoms with van der Waals surface area (Å²) in [4.78, 5) is 0. The van der Waals surface area contributed by atoms with Crippen LogP contribution in [0.3, 0.4) is 0 Å². The summed E-state index contributed by atoms with van der Waals surface area (Å²) in [6.07, 6.45) is 2.15. The van der Waals surface area contributed by atoms with E-state index in [-0.39, 0.29) is 18.5 Å². The lowest BCUT2D eigenvalue weighted by Gasteiger charge is -2.32. The smallest absolute Gasteiger partial charge is 0.216 e. The quantitative estimate of drug-likeness (QED) is 0.727. The summed E-state index contributed by atoms with van der Waals surface area (Å²) in [7, 11) is -3.16. The maximum atomic E-state index is 12.2. The lowest BCUT2D eigenvalue weighted by molar-refractivity contribution is 0.0904. The maximum absolute atomic E-state index is 12.2. The summed E-state index contributed by atoms with van der Waals surface area (Å²) in [5.41, 5.74) is 0. The second-order valence-electron chi connectivity index (χ2n) is 5.41. The largest absolute Gasteiger partial charge is 0.378 e. The number of nitrogens with zero attached hydrogens (tertiary/aromatic N) is 1. The molecule has 1 atom stereocenters. The zero-order valence-electron chi connectivity index (χ0n) is 12.4. The fourth-order valence-electron chi connectivity index (χ4n) is 2.31. The predicted octanol–water partition coefficient (Wildman–Crippen LogP) is 1.06. The number of rotatable bonds is 8. The molecule has 1 fully saturated rings. The van der Waals surface area contributed by atoms with Crippen molar-refractivity contribution in [2.45, 2.75) is 39.7 Å². The summed E-state index contributed by atoms with van der Waals surface area (Å²) in [5.74, 6) is 0.536. The third-order valence-electron chi connectivity index (χ3n) is 3.35. The van der Waals surface area contributed by atoms with E-state index >= 15 is 0 Å². The molecule has 1 N–H and O–H groups in total. The zero-order valence-corrected chi connectivity index (χ0v) is 13.2. The highest BCUT2D eigenvalue weighted by molar-refractivity contribution is 7.89. The third-order valence-corrected chi connectivity index (χ3v) is 5.15. The van der Waals surface area contributed by atoms with Crippen molar-refractivity contribution >= 4 is 10.0 Å². The summed E-state index contributed by atoms with van der Waals surface area (Å²) in [6.45, 7) is 9.34. The Morgan fingerprint density at radius 2 is 2.16 bits per heavy atom. The van der Waals surface area contributed by atoms with E-state index in [0.29, 0.717) is 19.0 Å². The average Bonchev–Trinajstić information content (AvgIpc) is 2.36. The van der Waals surface area contributed by atoms with Crippen LogP contribution in [0.4, 0.5) is 0 Å². The van der Waals surface area contributed by atoms with Crippen LogP contribution in [-0.4, -0.2) is 57.4 Å². The van der Waals surface area contributed by atoms with E-state index in [1.54, 1.807) is 4.31 Å². The topological polar surface area (TPSA) is 58.6 Å². The molecule has 0 aromatic carbocycles. The highest BCUT2D eigenvalue weighted by atomic mass is 32.2. The van der Waals surface area contributed by atoms with Gasteiger partial charge >= 0.3 is 0 Å². The molecule has 0 spiro atoms. The fourth-order valence-corrected chi connectivity index (χ4v) is 3.72. The first-order chi connectivity index (χ1) is 8.95. The van der Waals surface area contributed by atoms with Gasteiger partial charge < -0.3 is 10.1 Å². The molecule has 0 aliphatic carbocycles. The van der Waals surface area contributed by atoms with E-state index in [4.69, 9.17) is 4.74 Å². The van der Waals surface area contributed by atoms with Crippen LogP contribution in [0.2, 0.25) is 0 Å². The monoisotopic (exact) mass is 292 g/mol. The second-order valence-corrected chi connectivity index (χ2v) is 7.50. The van der Waals surface area contributed by atoms with Gasteiger partial charge in [0.05, 0.1) is 18.5 Å². The standard InChI is InChI=1S/C13H28N2O3S/c1-4-14-10-13-6-5-7-15(11-13)19(16,17)9-8-18-12(2)3/h12-14H,4-11H2,1-3H3. The van der Waals surface area contributed by atoms with Crippen molar-refractivity contribution in [2.75, 3.05) is 38.5 Å². The van der Waals surface area contributed by atoms with Crippen LogP contribution < -0.4 is 5.32 Å². The normalized spacial score (nSPS) is 22.0. The van der Waals surface area contributed by atoms with Crippen LogP contribution in [0.15, 0.2) is 0 Å². The van der Waals surface area contributed by atoms with Crippen molar-refractivity contribution < 1.29 is 13.2 Å². The molecule has 0 radical (unpaired) electrons. The Morgan fingerprint density at radius 1 is 1.42 bits per heavy atom. The molecule has 0 saturated carbocycles. The van der Waals surface area contributed by atoms with Gasteiger partial charge in [0.2, 0.25) is 10.0 Å². The van der Waals surface area contributed by atoms with Gasteiger partial charge in [-0.15, -0.1) is 0 Å². The van der Waals surface area contributed by atoms with Crippen LogP contribution in [-0.2, 0) is 14.8 Å². The number of hydrogen-bond acceptors (Lipinski definition) is 4. The van der Waals surface area contributed by atoms with Gasteiger partial charge in [-0.1, -0.05) is 6.92 Å². The first-order valence-electron chi connectivity index (χ1n) is 7.26. The van der Waals surface area contributed by atoms with Crippen molar-refractivity contribution in [3.8, 4) is 0 Å². The summed E-state index contributed by atoms with van der Waals surface area (Å²) >= 11 is 0. The van der Waals surface area contributed by atoms with E-state index in [9.17, 15) is 8.42 Å². The lowest BCUT2D eigenvalue weighted by Crippen LogP contribution is -2.44. The van der Waals surface area contributed by atoms with Gasteiger partial charge in [0, 0.05) is 13.1 Å². The third kappa shape index (κ3) is 6.21. The summed E-state index contributed by atoms with van der Waals surface area (Å²) in [6, 6.07) is 0. The molecule has 1 saturated heterocycles. The Kier molecular flexibility index (Phi) is 7.28. The van der Waals surface area contributed by atoms with Gasteiger partial charge in [0.1, 0.15) is 0 Å². The second kappa shape index (κ2) is 8.19. The molecule has 0 amide bonds. The number of piperidine rings is 1. The first-order valence-corrected chi connectivity index (χ1v) is 8.86. The molecular formula is C13H28N2O3S. The molecule has 6 heteroatoms. The number of ether oxygens (including phenoxy) is 1. The number of sulfonamides is 1. The van der Waals surface area contributed by atoms with Crippen LogP contribution in [0, 0.1) is 5.92 Å². The summed E-state index contributed by atoms with van der Waals surface area (Å²) in [5, 5.41) is 3.30. The minimum Gasteiger partial charge on any atom is -0.378 e. The SMILES string of the molecule is CCNCC1CCCN(S(=O)(=O)CCOC(C)C)C1. The number of hydrogen-bond donors (Lipinski definition) is 1. The van der Waals surface area contributed by atoms with Crippen LogP contribution in [0.1, 0.15) is 33.6 Å². The molecule has 0 aromatic heterocycles. The Balaban J connectivity index is 2.43. The van der Waals surface area contributed by atoms with E-state index in [1.165, 1.54) is 0 Å². The maximum Gasteiger partial charge on any atom is 0.216 e. The van der Waals surface area contributed by atoms with Gasteiger partial charge in [-0.2, -0.15) is 0 Å². The highest BCUT2D eigenvalue weighted by Crippen LogP contribution is 2.19. The van der Waals surface area contributed by atoms with Crippen molar-refractivity contribution in [1.29, 1.82) is 0 Å². The Labute approximate surface area is 117 Å². The fraction of sp³-hybridized carbons (Fsp3) is 1.00. The van der Waals surface area contributed by atoms with Crippen LogP contribution in [0.25, 0.3) is 0 Å². The zero-order chi connectivity index (χ0) is 14.3. The van der Waals surface area contributed by atoms with Crippen molar-refractivity contribution in [2.24, 2.45) is 5.92 Å². The molecular weight excluding hydrogens is 264 g/mol. The van der Waals surface area contributed by atoms with Crippen molar-refractivity contribution in [3.05, 3.63) is 0 Å². The average molecular weight is 292 g/mol. The van der Waals surface area contributed by atoms with Gasteiger partial charge in [0.15, 0.2) is 0 Å². The molecule has 1 aliphatic rings. The molecule has 1 aliphatic heterocycles. The van der Waals surface area contributed by atoms with E-state index in [0.717, 1.165) is 25.9 Å². The van der Waals surface area contributed by atoms with Gasteiger partial charge in [-0.05, 0) is 45.7 Å². The number of nitrogens with one attached hydrogen (secondary N) is 1. The molecule has 114 valence electrons. The minimum atomic E-state index is -3.16. The molecule has 1 unspecified atom stereocenters. The van der Waals surface area contributed by atoms with Crippen molar-refractivity contribution in [3.63, 3.8) is 0 Å².